The summed E-state index contributed by atoms with van der Waals surface area (Å²) in [6, 6.07) is 0. The lowest BCUT2D eigenvalue weighted by atomic mass is 10.0. The molecule has 0 N–H and O–H groups in total. The van der Waals surface area contributed by atoms with Crippen molar-refractivity contribution in [3.8, 4) is 0 Å². The Labute approximate surface area is 127 Å². The van der Waals surface area contributed by atoms with Crippen LogP contribution in [0.4, 0.5) is 0 Å². The number of hydrogen-bond donors (Lipinski definition) is 0. The summed E-state index contributed by atoms with van der Waals surface area (Å²) in [5.41, 5.74) is 3.58. The maximum absolute atomic E-state index is 12.5. The van der Waals surface area contributed by atoms with Crippen molar-refractivity contribution in [1.82, 2.24) is 19.6 Å². The van der Waals surface area contributed by atoms with Gasteiger partial charge in [0.1, 0.15) is 0 Å². The van der Waals surface area contributed by atoms with Crippen LogP contribution in [0.15, 0.2) is 35.9 Å². The molecule has 0 aliphatic carbocycles. The molecule has 6 heteroatoms. The van der Waals surface area contributed by atoms with Crippen molar-refractivity contribution in [3.05, 3.63) is 47.1 Å². The first-order valence-corrected chi connectivity index (χ1v) is 7.78. The summed E-state index contributed by atoms with van der Waals surface area (Å²) in [6.45, 7) is 0. The van der Waals surface area contributed by atoms with Crippen molar-refractivity contribution in [2.45, 2.75) is 0 Å². The monoisotopic (exact) mass is 300 g/mol. The zero-order valence-corrected chi connectivity index (χ0v) is 12.8. The van der Waals surface area contributed by atoms with E-state index in [1.807, 2.05) is 38.6 Å². The number of nitrogens with zero attached hydrogens (tertiary/aromatic N) is 4. The summed E-state index contributed by atoms with van der Waals surface area (Å²) in [4.78, 5) is 12.5. The van der Waals surface area contributed by atoms with Crippen LogP contribution >= 0.6 is 11.8 Å². The summed E-state index contributed by atoms with van der Waals surface area (Å²) in [5, 5.41) is 8.25. The molecule has 0 spiro atoms. The fraction of sp³-hybridized carbons (Fsp3) is 0.267. The minimum Gasteiger partial charge on any atom is -0.289 e. The molecule has 21 heavy (non-hydrogen) atoms. The molecule has 1 aliphatic rings. The second-order valence-corrected chi connectivity index (χ2v) is 6.04. The number of hydrogen-bond acceptors (Lipinski definition) is 4. The molecular weight excluding hydrogens is 284 g/mol. The van der Waals surface area contributed by atoms with Crippen LogP contribution in [-0.2, 0) is 18.9 Å². The van der Waals surface area contributed by atoms with Gasteiger partial charge < -0.3 is 0 Å². The van der Waals surface area contributed by atoms with E-state index in [0.717, 1.165) is 33.8 Å². The van der Waals surface area contributed by atoms with E-state index in [2.05, 4.69) is 10.2 Å². The highest BCUT2D eigenvalue weighted by Crippen LogP contribution is 2.26. The van der Waals surface area contributed by atoms with Gasteiger partial charge in [-0.15, -0.1) is 0 Å². The largest absolute Gasteiger partial charge is 0.289 e. The number of ketones is 1. The molecule has 3 rings (SSSR count). The van der Waals surface area contributed by atoms with E-state index in [1.165, 1.54) is 0 Å². The zero-order valence-electron chi connectivity index (χ0n) is 12.0. The van der Waals surface area contributed by atoms with E-state index in [4.69, 9.17) is 0 Å². The lowest BCUT2D eigenvalue weighted by Crippen LogP contribution is -2.15. The summed E-state index contributed by atoms with van der Waals surface area (Å²) < 4.78 is 3.47. The first kappa shape index (κ1) is 13.9. The van der Waals surface area contributed by atoms with Gasteiger partial charge in [-0.3, -0.25) is 14.2 Å². The van der Waals surface area contributed by atoms with Crippen LogP contribution in [0.2, 0.25) is 0 Å². The van der Waals surface area contributed by atoms with Crippen LogP contribution in [0.1, 0.15) is 11.1 Å². The topological polar surface area (TPSA) is 52.7 Å². The van der Waals surface area contributed by atoms with Crippen LogP contribution < -0.4 is 0 Å². The number of aryl methyl sites for hydroxylation is 2. The molecule has 0 aromatic carbocycles. The molecule has 2 aromatic rings. The molecule has 0 radical (unpaired) electrons. The number of carbonyl (C=O) groups is 1. The smallest absolute Gasteiger partial charge is 0.186 e. The van der Waals surface area contributed by atoms with E-state index in [-0.39, 0.29) is 5.78 Å². The standard InChI is InChI=1S/C15H16N4OS/c1-18-7-11(5-16-18)3-13-9-21-10-14(15(13)20)4-12-6-17-19(2)8-12/h3-8H,9-10H2,1-2H3/b13-3+,14-4+. The molecular formula is C15H16N4OS. The Bertz CT molecular complexity index is 678. The first-order valence-electron chi connectivity index (χ1n) is 6.63. The number of aromatic nitrogens is 4. The highest BCUT2D eigenvalue weighted by Gasteiger charge is 2.21. The Morgan fingerprint density at radius 1 is 1.00 bits per heavy atom. The maximum atomic E-state index is 12.5. The molecule has 1 saturated heterocycles. The Balaban J connectivity index is 1.87. The quantitative estimate of drug-likeness (QED) is 0.795. The molecule has 0 saturated carbocycles. The highest BCUT2D eigenvalue weighted by atomic mass is 32.2. The van der Waals surface area contributed by atoms with Gasteiger partial charge in [0.25, 0.3) is 0 Å². The Morgan fingerprint density at radius 2 is 1.48 bits per heavy atom. The van der Waals surface area contributed by atoms with Gasteiger partial charge in [-0.05, 0) is 12.2 Å². The van der Waals surface area contributed by atoms with Crippen molar-refractivity contribution in [2.75, 3.05) is 11.5 Å². The second kappa shape index (κ2) is 5.73. The van der Waals surface area contributed by atoms with Crippen LogP contribution in [0.25, 0.3) is 12.2 Å². The fourth-order valence-electron chi connectivity index (χ4n) is 2.25. The third-order valence-electron chi connectivity index (χ3n) is 3.23. The number of carbonyl (C=O) groups excluding carboxylic acids is 1. The minimum atomic E-state index is 0.126. The van der Waals surface area contributed by atoms with E-state index in [1.54, 1.807) is 33.5 Å². The Hall–Kier alpha value is -2.08. The average molecular weight is 300 g/mol. The third kappa shape index (κ3) is 3.16. The lowest BCUT2D eigenvalue weighted by molar-refractivity contribution is -0.112. The molecule has 1 aliphatic heterocycles. The first-order chi connectivity index (χ1) is 10.1. The summed E-state index contributed by atoms with van der Waals surface area (Å²) in [7, 11) is 3.74. The van der Waals surface area contributed by atoms with Crippen molar-refractivity contribution in [3.63, 3.8) is 0 Å². The molecule has 0 unspecified atom stereocenters. The highest BCUT2D eigenvalue weighted by molar-refractivity contribution is 7.99. The van der Waals surface area contributed by atoms with Crippen LogP contribution in [0.3, 0.4) is 0 Å². The van der Waals surface area contributed by atoms with Crippen molar-refractivity contribution in [2.24, 2.45) is 14.1 Å². The molecule has 108 valence electrons. The van der Waals surface area contributed by atoms with Gasteiger partial charge in [-0.1, -0.05) is 0 Å². The van der Waals surface area contributed by atoms with Gasteiger partial charge in [0.2, 0.25) is 0 Å². The molecule has 0 amide bonds. The minimum absolute atomic E-state index is 0.126. The van der Waals surface area contributed by atoms with Gasteiger partial charge in [0.05, 0.1) is 12.4 Å². The number of rotatable bonds is 2. The summed E-state index contributed by atoms with van der Waals surface area (Å²) in [5.74, 6) is 1.62. The predicted octanol–water partition coefficient (Wildman–Crippen LogP) is 1.94. The second-order valence-electron chi connectivity index (χ2n) is 5.06. The molecule has 0 atom stereocenters. The zero-order chi connectivity index (χ0) is 14.8. The van der Waals surface area contributed by atoms with Gasteiger partial charge >= 0.3 is 0 Å². The van der Waals surface area contributed by atoms with Gasteiger partial charge in [0.15, 0.2) is 5.78 Å². The molecule has 2 aromatic heterocycles. The van der Waals surface area contributed by atoms with Crippen LogP contribution in [0.5, 0.6) is 0 Å². The lowest BCUT2D eigenvalue weighted by Gasteiger charge is -2.15. The Morgan fingerprint density at radius 3 is 1.86 bits per heavy atom. The SMILES string of the molecule is Cn1cc(/C=C2\CSC/C(=C\c3cnn(C)c3)C2=O)cn1. The van der Waals surface area contributed by atoms with E-state index in [9.17, 15) is 4.79 Å². The fourth-order valence-corrected chi connectivity index (χ4v) is 3.23. The molecule has 3 heterocycles. The van der Waals surface area contributed by atoms with E-state index in [0.29, 0.717) is 0 Å². The van der Waals surface area contributed by atoms with Crippen LogP contribution in [0, 0.1) is 0 Å². The normalized spacial score (nSPS) is 19.6. The number of Topliss-reactive ketones (excluding diaryl/α,β-unsaturated/α-hetero) is 1. The van der Waals surface area contributed by atoms with E-state index < -0.39 is 0 Å². The maximum Gasteiger partial charge on any atom is 0.186 e. The van der Waals surface area contributed by atoms with Gasteiger partial charge in [-0.2, -0.15) is 22.0 Å². The van der Waals surface area contributed by atoms with E-state index >= 15 is 0 Å². The predicted molar refractivity (Wildman–Crippen MR) is 84.7 cm³/mol. The molecule has 0 bridgehead atoms. The molecule has 1 fully saturated rings. The van der Waals surface area contributed by atoms with Crippen molar-refractivity contribution >= 4 is 29.7 Å². The van der Waals surface area contributed by atoms with Crippen molar-refractivity contribution in [1.29, 1.82) is 0 Å². The third-order valence-corrected chi connectivity index (χ3v) is 4.26. The molecule has 5 nitrogen and oxygen atoms in total. The number of thioether (sulfide) groups is 1. The Kier molecular flexibility index (Phi) is 3.79. The van der Waals surface area contributed by atoms with Crippen molar-refractivity contribution < 1.29 is 4.79 Å². The summed E-state index contributed by atoms with van der Waals surface area (Å²) in [6.07, 6.45) is 11.2. The van der Waals surface area contributed by atoms with Gasteiger partial charge in [-0.25, -0.2) is 0 Å². The summed E-state index contributed by atoms with van der Waals surface area (Å²) >= 11 is 1.76. The van der Waals surface area contributed by atoms with Gasteiger partial charge in [0, 0.05) is 60.3 Å². The average Bonchev–Trinajstić information content (AvgIpc) is 3.03. The van der Waals surface area contributed by atoms with Crippen LogP contribution in [-0.4, -0.2) is 36.8 Å².